The Balaban J connectivity index is 3.93. The Kier molecular flexibility index (Phi) is 19.3. The summed E-state index contributed by atoms with van der Waals surface area (Å²) in [5.74, 6) is -1.72. The van der Waals surface area contributed by atoms with Gasteiger partial charge in [-0.1, -0.05) is 0 Å². The third-order valence-electron chi connectivity index (χ3n) is 5.96. The van der Waals surface area contributed by atoms with E-state index in [0.29, 0.717) is 0 Å². The topological polar surface area (TPSA) is 180 Å². The van der Waals surface area contributed by atoms with E-state index in [-0.39, 0.29) is 168 Å². The van der Waals surface area contributed by atoms with E-state index in [1.165, 1.54) is 6.92 Å². The summed E-state index contributed by atoms with van der Waals surface area (Å²) >= 11 is 0. The van der Waals surface area contributed by atoms with Crippen LogP contribution in [0, 0.1) is 0 Å². The summed E-state index contributed by atoms with van der Waals surface area (Å²) in [6.45, 7) is 1.63. The fourth-order valence-electron chi connectivity index (χ4n) is 3.43. The van der Waals surface area contributed by atoms with Crippen LogP contribution in [0.4, 0.5) is 0 Å². The smallest absolute Gasteiger partial charge is 0.134 e. The molecule has 10 heteroatoms. The molecule has 0 spiro atoms. The zero-order valence-corrected chi connectivity index (χ0v) is 22.5. The molecule has 0 aliphatic heterocycles. The van der Waals surface area contributed by atoms with Crippen molar-refractivity contribution in [2.24, 2.45) is 5.73 Å². The van der Waals surface area contributed by atoms with Gasteiger partial charge in [0.25, 0.3) is 0 Å². The minimum Gasteiger partial charge on any atom is -0.330 e. The minimum atomic E-state index is -0.254. The highest BCUT2D eigenvalue weighted by atomic mass is 16.2. The van der Waals surface area contributed by atoms with Crippen molar-refractivity contribution in [3.63, 3.8) is 0 Å². The highest BCUT2D eigenvalue weighted by Gasteiger charge is 2.15. The molecule has 0 aromatic heterocycles. The van der Waals surface area contributed by atoms with Crippen molar-refractivity contribution in [1.29, 1.82) is 0 Å². The Morgan fingerprint density at radius 2 is 0.474 bits per heavy atom. The monoisotopic (exact) mass is 535 g/mol. The average Bonchev–Trinajstić information content (AvgIpc) is 2.87. The zero-order chi connectivity index (χ0) is 28.9. The number of carbonyl (C=O) groups is 9. The first kappa shape index (κ1) is 35.0. The largest absolute Gasteiger partial charge is 0.330 e. The van der Waals surface area contributed by atoms with Crippen molar-refractivity contribution >= 4 is 52.0 Å². The number of nitrogens with two attached hydrogens (primary N) is 1. The van der Waals surface area contributed by atoms with E-state index in [4.69, 9.17) is 5.73 Å². The average molecular weight is 536 g/mol. The lowest BCUT2D eigenvalue weighted by Crippen LogP contribution is -2.11. The molecule has 0 heterocycles. The van der Waals surface area contributed by atoms with Crippen LogP contribution in [-0.2, 0) is 43.2 Å². The number of carbonyl (C=O) groups excluding carboxylic acids is 9. The summed E-state index contributed by atoms with van der Waals surface area (Å²) in [6.07, 6.45) is 0.652. The highest BCUT2D eigenvalue weighted by Crippen LogP contribution is 2.09. The normalized spacial score (nSPS) is 10.6. The molecule has 0 saturated heterocycles. The van der Waals surface area contributed by atoms with Gasteiger partial charge >= 0.3 is 0 Å². The summed E-state index contributed by atoms with van der Waals surface area (Å²) in [6, 6.07) is 0. The van der Waals surface area contributed by atoms with E-state index in [1.54, 1.807) is 0 Å². The van der Waals surface area contributed by atoms with Crippen LogP contribution in [0.5, 0.6) is 0 Å². The van der Waals surface area contributed by atoms with Gasteiger partial charge in [0.2, 0.25) is 0 Å². The Morgan fingerprint density at radius 3 is 0.632 bits per heavy atom. The van der Waals surface area contributed by atoms with Crippen molar-refractivity contribution < 1.29 is 43.2 Å². The lowest BCUT2D eigenvalue weighted by atomic mass is 10.00. The summed E-state index contributed by atoms with van der Waals surface area (Å²) in [5.41, 5.74) is 5.27. The number of ketones is 9. The number of rotatable bonds is 26. The molecule has 0 fully saturated rings. The lowest BCUT2D eigenvalue weighted by Gasteiger charge is -2.03. The summed E-state index contributed by atoms with van der Waals surface area (Å²) < 4.78 is 0. The summed E-state index contributed by atoms with van der Waals surface area (Å²) in [4.78, 5) is 105. The first-order valence-electron chi connectivity index (χ1n) is 13.3. The van der Waals surface area contributed by atoms with Crippen LogP contribution in [0.3, 0.4) is 0 Å². The fourth-order valence-corrected chi connectivity index (χ4v) is 3.43. The maximum atomic E-state index is 12.0. The summed E-state index contributed by atoms with van der Waals surface area (Å²) in [5, 5.41) is 0. The quantitative estimate of drug-likeness (QED) is 0.173. The van der Waals surface area contributed by atoms with E-state index in [2.05, 4.69) is 0 Å². The first-order chi connectivity index (χ1) is 17.9. The maximum absolute atomic E-state index is 12.0. The molecule has 10 nitrogen and oxygen atoms in total. The van der Waals surface area contributed by atoms with Crippen LogP contribution in [0.15, 0.2) is 0 Å². The van der Waals surface area contributed by atoms with E-state index >= 15 is 0 Å². The molecule has 0 amide bonds. The second-order valence-electron chi connectivity index (χ2n) is 9.55. The van der Waals surface area contributed by atoms with Gasteiger partial charge in [-0.15, -0.1) is 0 Å². The molecule has 0 aliphatic carbocycles. The number of hydrogen-bond acceptors (Lipinski definition) is 10. The molecular formula is C28H41NO9. The fraction of sp³-hybridized carbons (Fsp3) is 0.679. The maximum Gasteiger partial charge on any atom is 0.134 e. The summed E-state index contributed by atoms with van der Waals surface area (Å²) in [7, 11) is 0. The van der Waals surface area contributed by atoms with Crippen molar-refractivity contribution in [2.75, 3.05) is 6.54 Å². The molecule has 0 radical (unpaired) electrons. The molecular weight excluding hydrogens is 494 g/mol. The van der Waals surface area contributed by atoms with E-state index < -0.39 is 0 Å². The third-order valence-corrected chi connectivity index (χ3v) is 5.96. The van der Waals surface area contributed by atoms with Crippen LogP contribution < -0.4 is 5.73 Å². The second kappa shape index (κ2) is 21.0. The van der Waals surface area contributed by atoms with Crippen molar-refractivity contribution in [3.05, 3.63) is 0 Å². The molecule has 212 valence electrons. The van der Waals surface area contributed by atoms with Gasteiger partial charge in [0.15, 0.2) is 0 Å². The molecule has 0 atom stereocenters. The van der Waals surface area contributed by atoms with Gasteiger partial charge in [0, 0.05) is 109 Å². The molecule has 38 heavy (non-hydrogen) atoms. The second-order valence-corrected chi connectivity index (χ2v) is 9.55. The van der Waals surface area contributed by atoms with Crippen molar-refractivity contribution in [3.8, 4) is 0 Å². The molecule has 0 aromatic rings. The van der Waals surface area contributed by atoms with Gasteiger partial charge in [-0.3, -0.25) is 38.4 Å². The van der Waals surface area contributed by atoms with Gasteiger partial charge in [-0.2, -0.15) is 0 Å². The van der Waals surface area contributed by atoms with E-state index in [0.717, 1.165) is 0 Å². The Bertz CT molecular complexity index is 889. The molecule has 0 unspecified atom stereocenters. The first-order valence-corrected chi connectivity index (χ1v) is 13.3. The van der Waals surface area contributed by atoms with Gasteiger partial charge in [-0.05, 0) is 13.5 Å². The van der Waals surface area contributed by atoms with Crippen LogP contribution in [-0.4, -0.2) is 58.6 Å². The van der Waals surface area contributed by atoms with E-state index in [9.17, 15) is 43.2 Å². The number of Topliss-reactive ketones (excluding diaryl/α,β-unsaturated/α-hetero) is 9. The van der Waals surface area contributed by atoms with Crippen LogP contribution in [0.25, 0.3) is 0 Å². The van der Waals surface area contributed by atoms with Gasteiger partial charge in [0.1, 0.15) is 52.0 Å². The molecule has 0 bridgehead atoms. The van der Waals surface area contributed by atoms with Gasteiger partial charge in [-0.25, -0.2) is 0 Å². The molecule has 0 aromatic carbocycles. The lowest BCUT2D eigenvalue weighted by molar-refractivity contribution is -0.128. The van der Waals surface area contributed by atoms with Crippen LogP contribution in [0.1, 0.15) is 116 Å². The molecule has 0 rings (SSSR count). The van der Waals surface area contributed by atoms with Crippen molar-refractivity contribution in [2.45, 2.75) is 116 Å². The zero-order valence-electron chi connectivity index (χ0n) is 22.5. The minimum absolute atomic E-state index is 0.00245. The highest BCUT2D eigenvalue weighted by molar-refractivity contribution is 5.93. The Hall–Kier alpha value is -3.01. The molecule has 2 N–H and O–H groups in total. The Labute approximate surface area is 223 Å². The van der Waals surface area contributed by atoms with Crippen LogP contribution >= 0.6 is 0 Å². The molecule has 0 aliphatic rings. The van der Waals surface area contributed by atoms with Gasteiger partial charge in [0.05, 0.1) is 0 Å². The third kappa shape index (κ3) is 21.1. The van der Waals surface area contributed by atoms with Crippen LogP contribution in [0.2, 0.25) is 0 Å². The van der Waals surface area contributed by atoms with Crippen molar-refractivity contribution in [1.82, 2.24) is 0 Å². The predicted molar refractivity (Wildman–Crippen MR) is 138 cm³/mol. The SMILES string of the molecule is CC(=O)CCC(=O)CCC(=O)CCC(=O)CCC(=O)CCC(=O)CCC(=O)CCC(=O)CCC(=O)CCN. The number of hydrogen-bond donors (Lipinski definition) is 1. The Morgan fingerprint density at radius 1 is 0.316 bits per heavy atom. The molecule has 0 saturated carbocycles. The van der Waals surface area contributed by atoms with E-state index in [1.807, 2.05) is 0 Å². The predicted octanol–water partition coefficient (Wildman–Crippen LogP) is 2.72. The van der Waals surface area contributed by atoms with Gasteiger partial charge < -0.3 is 10.5 Å². The standard InChI is InChI=1S/C28H41NO9/c1-20(30)2-3-21(31)4-5-22(32)6-7-23(33)8-9-24(34)10-11-25(35)12-13-26(36)14-15-27(37)16-17-28(38)18-19-29/h2-19,29H2,1H3.